The lowest BCUT2D eigenvalue weighted by Gasteiger charge is -2.28. The number of anilines is 3. The number of halogens is 3. The standard InChI is InChI=1S/C26H33F3N8O.C2H6/c1-18-24(32-21-8-6-7-20(26(27,28)29)19(21)16-35-9-4-5-10-35)37-25(31-18)22(30-17-34(2)3)15-23(33-37)36-11-13-38-14-12-36;1-2/h6-8,15,17,32H,4-5,9-14,16H2,1-3H3;1-2H3. The molecule has 40 heavy (non-hydrogen) atoms. The molecule has 1 aromatic carbocycles. The van der Waals surface area contributed by atoms with Crippen molar-refractivity contribution in [3.63, 3.8) is 0 Å². The first-order valence-electron chi connectivity index (χ1n) is 13.8. The number of fused-ring (bicyclic) bond motifs is 1. The number of rotatable bonds is 7. The van der Waals surface area contributed by atoms with Gasteiger partial charge in [-0.05, 0) is 45.0 Å². The average molecular weight is 561 g/mol. The normalized spacial score (nSPS) is 16.4. The van der Waals surface area contributed by atoms with Gasteiger partial charge in [0.1, 0.15) is 5.69 Å². The fourth-order valence-corrected chi connectivity index (χ4v) is 4.89. The summed E-state index contributed by atoms with van der Waals surface area (Å²) in [6.45, 7) is 10.2. The summed E-state index contributed by atoms with van der Waals surface area (Å²) in [4.78, 5) is 15.3. The van der Waals surface area contributed by atoms with Crippen LogP contribution in [0.5, 0.6) is 0 Å². The molecule has 12 heteroatoms. The molecule has 0 atom stereocenters. The predicted molar refractivity (Wildman–Crippen MR) is 153 cm³/mol. The van der Waals surface area contributed by atoms with Crippen molar-refractivity contribution in [2.24, 2.45) is 4.99 Å². The SMILES string of the molecule is CC.Cc1nc2c(N=CN(C)C)cc(N3CCOCC3)nn2c1Nc1cccc(C(F)(F)F)c1CN1CCCC1. The van der Waals surface area contributed by atoms with Crippen molar-refractivity contribution >= 4 is 35.0 Å². The van der Waals surface area contributed by atoms with E-state index < -0.39 is 11.7 Å². The molecule has 4 heterocycles. The molecular weight excluding hydrogens is 521 g/mol. The van der Waals surface area contributed by atoms with Gasteiger partial charge in [-0.15, -0.1) is 5.10 Å². The molecule has 3 aromatic rings. The summed E-state index contributed by atoms with van der Waals surface area (Å²) in [5.74, 6) is 1.21. The number of benzene rings is 1. The average Bonchev–Trinajstić information content (AvgIpc) is 3.56. The Kier molecular flexibility index (Phi) is 9.52. The highest BCUT2D eigenvalue weighted by Gasteiger charge is 2.35. The summed E-state index contributed by atoms with van der Waals surface area (Å²) in [5, 5.41) is 8.13. The zero-order chi connectivity index (χ0) is 28.9. The summed E-state index contributed by atoms with van der Waals surface area (Å²) < 4.78 is 49.3. The second kappa shape index (κ2) is 12.9. The van der Waals surface area contributed by atoms with E-state index in [-0.39, 0.29) is 12.1 Å². The Labute approximate surface area is 233 Å². The molecule has 0 amide bonds. The van der Waals surface area contributed by atoms with Crippen LogP contribution in [-0.2, 0) is 17.5 Å². The largest absolute Gasteiger partial charge is 0.416 e. The number of ether oxygens (including phenoxy) is 1. The Morgan fingerprint density at radius 3 is 2.45 bits per heavy atom. The third-order valence-corrected chi connectivity index (χ3v) is 6.80. The van der Waals surface area contributed by atoms with Gasteiger partial charge in [0, 0.05) is 51.0 Å². The van der Waals surface area contributed by atoms with E-state index in [9.17, 15) is 13.2 Å². The number of hydrogen-bond acceptors (Lipinski definition) is 7. The van der Waals surface area contributed by atoms with E-state index in [4.69, 9.17) is 14.8 Å². The topological polar surface area (TPSA) is 73.5 Å². The molecule has 2 saturated heterocycles. The van der Waals surface area contributed by atoms with Crippen LogP contribution in [0.25, 0.3) is 5.65 Å². The van der Waals surface area contributed by atoms with Gasteiger partial charge in [0.25, 0.3) is 0 Å². The minimum Gasteiger partial charge on any atom is -0.378 e. The third-order valence-electron chi connectivity index (χ3n) is 6.80. The van der Waals surface area contributed by atoms with E-state index in [0.717, 1.165) is 32.0 Å². The number of morpholine rings is 1. The van der Waals surface area contributed by atoms with Gasteiger partial charge in [-0.3, -0.25) is 4.90 Å². The van der Waals surface area contributed by atoms with Crippen molar-refractivity contribution in [3.8, 4) is 0 Å². The zero-order valence-corrected chi connectivity index (χ0v) is 23.9. The highest BCUT2D eigenvalue weighted by molar-refractivity contribution is 5.77. The lowest BCUT2D eigenvalue weighted by atomic mass is 10.0. The Morgan fingerprint density at radius 1 is 1.10 bits per heavy atom. The van der Waals surface area contributed by atoms with E-state index in [0.29, 0.717) is 60.7 Å². The zero-order valence-electron chi connectivity index (χ0n) is 23.9. The van der Waals surface area contributed by atoms with Crippen molar-refractivity contribution in [2.75, 3.05) is 63.7 Å². The van der Waals surface area contributed by atoms with E-state index in [1.54, 1.807) is 16.9 Å². The maximum Gasteiger partial charge on any atom is 0.416 e. The second-order valence-electron chi connectivity index (χ2n) is 9.91. The fourth-order valence-electron chi connectivity index (χ4n) is 4.89. The quantitative estimate of drug-likeness (QED) is 0.303. The summed E-state index contributed by atoms with van der Waals surface area (Å²) >= 11 is 0. The van der Waals surface area contributed by atoms with Crippen LogP contribution in [0.4, 0.5) is 36.2 Å². The number of hydrogen-bond donors (Lipinski definition) is 1. The van der Waals surface area contributed by atoms with Gasteiger partial charge in [0.2, 0.25) is 0 Å². The number of alkyl halides is 3. The van der Waals surface area contributed by atoms with Gasteiger partial charge in [-0.1, -0.05) is 19.9 Å². The molecule has 1 N–H and O–H groups in total. The van der Waals surface area contributed by atoms with E-state index in [2.05, 4.69) is 20.1 Å². The Morgan fingerprint density at radius 2 is 1.80 bits per heavy atom. The van der Waals surface area contributed by atoms with Crippen molar-refractivity contribution in [1.82, 2.24) is 24.4 Å². The number of imidazole rings is 1. The molecule has 2 aromatic heterocycles. The number of nitrogens with zero attached hydrogens (tertiary/aromatic N) is 7. The minimum absolute atomic E-state index is 0.221. The van der Waals surface area contributed by atoms with Crippen LogP contribution in [0.2, 0.25) is 0 Å². The smallest absolute Gasteiger partial charge is 0.378 e. The van der Waals surface area contributed by atoms with Crippen LogP contribution >= 0.6 is 0 Å². The second-order valence-corrected chi connectivity index (χ2v) is 9.91. The Balaban J connectivity index is 0.00000181. The number of nitrogens with one attached hydrogen (secondary N) is 1. The highest BCUT2D eigenvalue weighted by Crippen LogP contribution is 2.38. The molecule has 0 spiro atoms. The molecule has 5 rings (SSSR count). The summed E-state index contributed by atoms with van der Waals surface area (Å²) in [7, 11) is 3.76. The molecule has 0 unspecified atom stereocenters. The molecule has 2 fully saturated rings. The Bertz CT molecular complexity index is 1310. The Hall–Kier alpha value is -3.38. The molecule has 0 bridgehead atoms. The van der Waals surface area contributed by atoms with Crippen LogP contribution in [-0.4, -0.2) is 84.2 Å². The lowest BCUT2D eigenvalue weighted by molar-refractivity contribution is -0.138. The lowest BCUT2D eigenvalue weighted by Crippen LogP contribution is -2.37. The van der Waals surface area contributed by atoms with Crippen molar-refractivity contribution in [1.29, 1.82) is 0 Å². The predicted octanol–water partition coefficient (Wildman–Crippen LogP) is 5.48. The fraction of sp³-hybridized carbons (Fsp3) is 0.536. The molecule has 0 aliphatic carbocycles. The van der Waals surface area contributed by atoms with Crippen molar-refractivity contribution in [2.45, 2.75) is 46.3 Å². The number of aryl methyl sites for hydroxylation is 1. The summed E-state index contributed by atoms with van der Waals surface area (Å²) in [5.41, 5.74) is 1.75. The molecule has 0 radical (unpaired) electrons. The van der Waals surface area contributed by atoms with Gasteiger partial charge in [-0.25, -0.2) is 9.98 Å². The monoisotopic (exact) mass is 560 g/mol. The van der Waals surface area contributed by atoms with Crippen LogP contribution in [0, 0.1) is 6.92 Å². The first-order valence-corrected chi connectivity index (χ1v) is 13.8. The van der Waals surface area contributed by atoms with Gasteiger partial charge in [-0.2, -0.15) is 17.7 Å². The third kappa shape index (κ3) is 6.67. The number of aromatic nitrogens is 3. The summed E-state index contributed by atoms with van der Waals surface area (Å²) in [6.07, 6.45) is -0.783. The highest BCUT2D eigenvalue weighted by atomic mass is 19.4. The van der Waals surface area contributed by atoms with Crippen LogP contribution in [0.15, 0.2) is 29.3 Å². The van der Waals surface area contributed by atoms with Gasteiger partial charge >= 0.3 is 6.18 Å². The maximum atomic E-state index is 14.1. The van der Waals surface area contributed by atoms with Crippen LogP contribution in [0.3, 0.4) is 0 Å². The van der Waals surface area contributed by atoms with Gasteiger partial charge < -0.3 is 19.9 Å². The molecular formula is C28H39F3N8O. The van der Waals surface area contributed by atoms with Crippen LogP contribution < -0.4 is 10.2 Å². The van der Waals surface area contributed by atoms with E-state index >= 15 is 0 Å². The van der Waals surface area contributed by atoms with Gasteiger partial charge in [0.15, 0.2) is 17.3 Å². The molecule has 9 nitrogen and oxygen atoms in total. The molecule has 2 aliphatic rings. The van der Waals surface area contributed by atoms with Gasteiger partial charge in [0.05, 0.1) is 30.8 Å². The molecule has 0 saturated carbocycles. The van der Waals surface area contributed by atoms with Crippen molar-refractivity contribution in [3.05, 3.63) is 41.1 Å². The first-order chi connectivity index (χ1) is 19.2. The molecule has 218 valence electrons. The van der Waals surface area contributed by atoms with Crippen LogP contribution in [0.1, 0.15) is 43.5 Å². The number of likely N-dealkylation sites (tertiary alicyclic amines) is 1. The number of aliphatic imine (C=N–C) groups is 1. The minimum atomic E-state index is -4.46. The summed E-state index contributed by atoms with van der Waals surface area (Å²) in [6, 6.07) is 6.17. The molecule has 2 aliphatic heterocycles. The van der Waals surface area contributed by atoms with E-state index in [1.807, 2.05) is 45.8 Å². The first kappa shape index (κ1) is 29.6. The maximum absolute atomic E-state index is 14.1. The van der Waals surface area contributed by atoms with Crippen molar-refractivity contribution < 1.29 is 17.9 Å². The van der Waals surface area contributed by atoms with E-state index in [1.165, 1.54) is 6.07 Å².